The molecular formula is C11H15IO3S. The Morgan fingerprint density at radius 2 is 2.12 bits per heavy atom. The molecule has 0 spiro atoms. The lowest BCUT2D eigenvalue weighted by atomic mass is 10.1. The fourth-order valence-corrected chi connectivity index (χ4v) is 2.68. The van der Waals surface area contributed by atoms with Gasteiger partial charge in [-0.25, -0.2) is 8.42 Å². The molecule has 1 atom stereocenters. The standard InChI is InChI=1S/C11H15IO3S/c1-16(14,15)7-3-6-11(13)9-4-2-5-10(12)8-9/h2,4-5,8,11,13H,3,6-7H2,1H3. The molecule has 1 rings (SSSR count). The molecule has 1 aromatic carbocycles. The molecule has 1 N–H and O–H groups in total. The van der Waals surface area contributed by atoms with Crippen LogP contribution in [0.25, 0.3) is 0 Å². The van der Waals surface area contributed by atoms with E-state index in [1.165, 1.54) is 6.26 Å². The number of aliphatic hydroxyl groups is 1. The van der Waals surface area contributed by atoms with Gasteiger partial charge in [-0.2, -0.15) is 0 Å². The average Bonchev–Trinajstić information content (AvgIpc) is 2.15. The molecule has 0 bridgehead atoms. The highest BCUT2D eigenvalue weighted by atomic mass is 127. The van der Waals surface area contributed by atoms with Crippen molar-refractivity contribution in [3.63, 3.8) is 0 Å². The van der Waals surface area contributed by atoms with Crippen LogP contribution in [-0.2, 0) is 9.84 Å². The minimum atomic E-state index is -2.92. The normalized spacial score (nSPS) is 13.7. The van der Waals surface area contributed by atoms with Crippen molar-refractivity contribution in [1.29, 1.82) is 0 Å². The molecular weight excluding hydrogens is 339 g/mol. The van der Waals surface area contributed by atoms with Crippen molar-refractivity contribution < 1.29 is 13.5 Å². The van der Waals surface area contributed by atoms with E-state index < -0.39 is 15.9 Å². The van der Waals surface area contributed by atoms with Gasteiger partial charge in [0.25, 0.3) is 0 Å². The molecule has 0 aliphatic heterocycles. The first-order valence-electron chi connectivity index (χ1n) is 5.00. The lowest BCUT2D eigenvalue weighted by molar-refractivity contribution is 0.166. The predicted octanol–water partition coefficient (Wildman–Crippen LogP) is 2.15. The van der Waals surface area contributed by atoms with Crippen molar-refractivity contribution in [3.05, 3.63) is 33.4 Å². The van der Waals surface area contributed by atoms with Crippen LogP contribution in [0.1, 0.15) is 24.5 Å². The quantitative estimate of drug-likeness (QED) is 0.825. The number of benzene rings is 1. The molecule has 0 radical (unpaired) electrons. The van der Waals surface area contributed by atoms with E-state index in [9.17, 15) is 13.5 Å². The predicted molar refractivity (Wildman–Crippen MR) is 73.1 cm³/mol. The third-order valence-corrected chi connectivity index (χ3v) is 3.93. The Kier molecular flexibility index (Phi) is 5.20. The second kappa shape index (κ2) is 5.97. The summed E-state index contributed by atoms with van der Waals surface area (Å²) in [6.07, 6.45) is 1.61. The summed E-state index contributed by atoms with van der Waals surface area (Å²) in [6.45, 7) is 0. The molecule has 0 aliphatic rings. The van der Waals surface area contributed by atoms with Crippen molar-refractivity contribution in [2.24, 2.45) is 0 Å². The highest BCUT2D eigenvalue weighted by molar-refractivity contribution is 14.1. The van der Waals surface area contributed by atoms with Gasteiger partial charge in [0.05, 0.1) is 6.10 Å². The summed E-state index contributed by atoms with van der Waals surface area (Å²) in [4.78, 5) is 0. The minimum Gasteiger partial charge on any atom is -0.388 e. The molecule has 16 heavy (non-hydrogen) atoms. The fourth-order valence-electron chi connectivity index (χ4n) is 1.42. The lowest BCUT2D eigenvalue weighted by Gasteiger charge is -2.10. The van der Waals surface area contributed by atoms with Crippen LogP contribution < -0.4 is 0 Å². The Labute approximate surface area is 110 Å². The van der Waals surface area contributed by atoms with Gasteiger partial charge in [0.2, 0.25) is 0 Å². The minimum absolute atomic E-state index is 0.133. The summed E-state index contributed by atoms with van der Waals surface area (Å²) in [5.74, 6) is 0.133. The molecule has 3 nitrogen and oxygen atoms in total. The van der Waals surface area contributed by atoms with E-state index in [1.807, 2.05) is 24.3 Å². The molecule has 0 fully saturated rings. The van der Waals surface area contributed by atoms with Gasteiger partial charge in [0.1, 0.15) is 9.84 Å². The number of rotatable bonds is 5. The summed E-state index contributed by atoms with van der Waals surface area (Å²) >= 11 is 2.18. The van der Waals surface area contributed by atoms with E-state index in [4.69, 9.17) is 0 Å². The van der Waals surface area contributed by atoms with Crippen LogP contribution in [0.4, 0.5) is 0 Å². The van der Waals surface area contributed by atoms with E-state index in [0.717, 1.165) is 9.13 Å². The second-order valence-electron chi connectivity index (χ2n) is 3.84. The zero-order valence-electron chi connectivity index (χ0n) is 9.06. The van der Waals surface area contributed by atoms with Gasteiger partial charge in [-0.1, -0.05) is 12.1 Å². The first-order valence-corrected chi connectivity index (χ1v) is 8.13. The Balaban J connectivity index is 2.50. The summed E-state index contributed by atoms with van der Waals surface area (Å²) < 4.78 is 22.9. The Morgan fingerprint density at radius 3 is 2.69 bits per heavy atom. The Hall–Kier alpha value is -0.140. The lowest BCUT2D eigenvalue weighted by Crippen LogP contribution is -2.05. The topological polar surface area (TPSA) is 54.4 Å². The van der Waals surface area contributed by atoms with Crippen LogP contribution in [0.5, 0.6) is 0 Å². The highest BCUT2D eigenvalue weighted by Gasteiger charge is 2.09. The van der Waals surface area contributed by atoms with Gasteiger partial charge in [0.15, 0.2) is 0 Å². The maximum absolute atomic E-state index is 10.9. The smallest absolute Gasteiger partial charge is 0.147 e. The van der Waals surface area contributed by atoms with Gasteiger partial charge < -0.3 is 5.11 Å². The molecule has 0 aromatic heterocycles. The second-order valence-corrected chi connectivity index (χ2v) is 7.35. The van der Waals surface area contributed by atoms with E-state index >= 15 is 0 Å². The number of halogens is 1. The summed E-state index contributed by atoms with van der Waals surface area (Å²) in [6, 6.07) is 7.60. The van der Waals surface area contributed by atoms with Crippen molar-refractivity contribution in [2.75, 3.05) is 12.0 Å². The van der Waals surface area contributed by atoms with Crippen LogP contribution in [0, 0.1) is 3.57 Å². The average molecular weight is 354 g/mol. The molecule has 0 aliphatic carbocycles. The number of sulfone groups is 1. The summed E-state index contributed by atoms with van der Waals surface area (Å²) in [7, 11) is -2.92. The van der Waals surface area contributed by atoms with Gasteiger partial charge in [-0.05, 0) is 53.1 Å². The molecule has 0 saturated carbocycles. The number of hydrogen-bond acceptors (Lipinski definition) is 3. The molecule has 1 unspecified atom stereocenters. The Bertz CT molecular complexity index is 442. The Morgan fingerprint density at radius 1 is 1.44 bits per heavy atom. The van der Waals surface area contributed by atoms with Crippen molar-refractivity contribution >= 4 is 32.4 Å². The molecule has 0 heterocycles. The maximum atomic E-state index is 10.9. The van der Waals surface area contributed by atoms with E-state index in [-0.39, 0.29) is 5.75 Å². The molecule has 0 saturated heterocycles. The van der Waals surface area contributed by atoms with Crippen LogP contribution in [0.3, 0.4) is 0 Å². The van der Waals surface area contributed by atoms with Gasteiger partial charge in [0, 0.05) is 15.6 Å². The fraction of sp³-hybridized carbons (Fsp3) is 0.455. The van der Waals surface area contributed by atoms with Crippen LogP contribution in [0.15, 0.2) is 24.3 Å². The van der Waals surface area contributed by atoms with Crippen LogP contribution in [0.2, 0.25) is 0 Å². The monoisotopic (exact) mass is 354 g/mol. The highest BCUT2D eigenvalue weighted by Crippen LogP contribution is 2.20. The maximum Gasteiger partial charge on any atom is 0.147 e. The first kappa shape index (κ1) is 13.9. The van der Waals surface area contributed by atoms with Gasteiger partial charge in [-0.15, -0.1) is 0 Å². The van der Waals surface area contributed by atoms with E-state index in [1.54, 1.807) is 0 Å². The van der Waals surface area contributed by atoms with Crippen LogP contribution in [-0.4, -0.2) is 25.5 Å². The van der Waals surface area contributed by atoms with E-state index in [2.05, 4.69) is 22.6 Å². The van der Waals surface area contributed by atoms with Crippen molar-refractivity contribution in [2.45, 2.75) is 18.9 Å². The summed E-state index contributed by atoms with van der Waals surface area (Å²) in [5.41, 5.74) is 0.848. The summed E-state index contributed by atoms with van der Waals surface area (Å²) in [5, 5.41) is 9.84. The molecule has 90 valence electrons. The van der Waals surface area contributed by atoms with Crippen molar-refractivity contribution in [3.8, 4) is 0 Å². The molecule has 0 amide bonds. The van der Waals surface area contributed by atoms with Gasteiger partial charge >= 0.3 is 0 Å². The molecule has 1 aromatic rings. The zero-order chi connectivity index (χ0) is 12.2. The van der Waals surface area contributed by atoms with E-state index in [0.29, 0.717) is 12.8 Å². The first-order chi connectivity index (χ1) is 7.38. The third-order valence-electron chi connectivity index (χ3n) is 2.23. The van der Waals surface area contributed by atoms with Gasteiger partial charge in [-0.3, -0.25) is 0 Å². The molecule has 5 heteroatoms. The largest absolute Gasteiger partial charge is 0.388 e. The SMILES string of the molecule is CS(=O)(=O)CCCC(O)c1cccc(I)c1. The van der Waals surface area contributed by atoms with Crippen LogP contribution >= 0.6 is 22.6 Å². The zero-order valence-corrected chi connectivity index (χ0v) is 12.0. The third kappa shape index (κ3) is 5.27. The van der Waals surface area contributed by atoms with Crippen molar-refractivity contribution in [1.82, 2.24) is 0 Å². The number of aliphatic hydroxyl groups excluding tert-OH is 1. The number of hydrogen-bond donors (Lipinski definition) is 1.